The van der Waals surface area contributed by atoms with Crippen LogP contribution in [-0.2, 0) is 11.3 Å². The van der Waals surface area contributed by atoms with Crippen LogP contribution in [0.4, 0.5) is 5.82 Å². The summed E-state index contributed by atoms with van der Waals surface area (Å²) in [6.45, 7) is 7.90. The number of nitrogens with zero attached hydrogens (tertiary/aromatic N) is 2. The van der Waals surface area contributed by atoms with Crippen molar-refractivity contribution in [2.45, 2.75) is 72.0 Å². The largest absolute Gasteiger partial charge is 0.370 e. The van der Waals surface area contributed by atoms with Crippen LogP contribution in [0.1, 0.15) is 63.9 Å². The Labute approximate surface area is 128 Å². The van der Waals surface area contributed by atoms with Gasteiger partial charge in [-0.25, -0.2) is 9.97 Å². The molecule has 0 saturated heterocycles. The van der Waals surface area contributed by atoms with E-state index in [1.54, 1.807) is 0 Å². The van der Waals surface area contributed by atoms with E-state index in [1.165, 1.54) is 32.1 Å². The minimum absolute atomic E-state index is 0.389. The van der Waals surface area contributed by atoms with Gasteiger partial charge < -0.3 is 10.1 Å². The SMILES string of the molecule is CCCNc1cc(C)nc(COC2CCCCC2CC)n1. The molecule has 21 heavy (non-hydrogen) atoms. The van der Waals surface area contributed by atoms with E-state index >= 15 is 0 Å². The van der Waals surface area contributed by atoms with E-state index in [0.717, 1.165) is 30.3 Å². The zero-order valence-corrected chi connectivity index (χ0v) is 13.7. The van der Waals surface area contributed by atoms with Crippen LogP contribution < -0.4 is 5.32 Å². The lowest BCUT2D eigenvalue weighted by Gasteiger charge is -2.30. The predicted molar refractivity (Wildman–Crippen MR) is 86.4 cm³/mol. The van der Waals surface area contributed by atoms with E-state index in [2.05, 4.69) is 29.1 Å². The molecule has 1 fully saturated rings. The summed E-state index contributed by atoms with van der Waals surface area (Å²) in [5, 5.41) is 3.33. The maximum absolute atomic E-state index is 6.13. The summed E-state index contributed by atoms with van der Waals surface area (Å²) in [5.41, 5.74) is 0.998. The molecule has 2 rings (SSSR count). The van der Waals surface area contributed by atoms with Crippen molar-refractivity contribution in [1.29, 1.82) is 0 Å². The Kier molecular flexibility index (Phi) is 6.43. The first-order chi connectivity index (χ1) is 10.2. The average molecular weight is 291 g/mol. The van der Waals surface area contributed by atoms with Gasteiger partial charge in [0.15, 0.2) is 5.82 Å². The van der Waals surface area contributed by atoms with Crippen LogP contribution in [-0.4, -0.2) is 22.6 Å². The van der Waals surface area contributed by atoms with Crippen molar-refractivity contribution in [3.63, 3.8) is 0 Å². The minimum Gasteiger partial charge on any atom is -0.370 e. The number of rotatable bonds is 7. The van der Waals surface area contributed by atoms with Gasteiger partial charge in [-0.1, -0.05) is 33.1 Å². The Morgan fingerprint density at radius 3 is 2.81 bits per heavy atom. The Hall–Kier alpha value is -1.16. The van der Waals surface area contributed by atoms with Crippen LogP contribution in [0.25, 0.3) is 0 Å². The van der Waals surface area contributed by atoms with E-state index in [1.807, 2.05) is 13.0 Å². The summed E-state index contributed by atoms with van der Waals surface area (Å²) in [6.07, 6.45) is 7.83. The van der Waals surface area contributed by atoms with Gasteiger partial charge in [0.2, 0.25) is 0 Å². The summed E-state index contributed by atoms with van der Waals surface area (Å²) >= 11 is 0. The van der Waals surface area contributed by atoms with E-state index in [0.29, 0.717) is 18.6 Å². The van der Waals surface area contributed by atoms with Crippen LogP contribution in [0.5, 0.6) is 0 Å². The molecular weight excluding hydrogens is 262 g/mol. The lowest BCUT2D eigenvalue weighted by molar-refractivity contribution is -0.0248. The molecule has 0 spiro atoms. The van der Waals surface area contributed by atoms with Gasteiger partial charge in [0.25, 0.3) is 0 Å². The molecule has 0 aliphatic heterocycles. The van der Waals surface area contributed by atoms with Crippen molar-refractivity contribution in [3.8, 4) is 0 Å². The molecule has 1 saturated carbocycles. The van der Waals surface area contributed by atoms with Gasteiger partial charge in [-0.2, -0.15) is 0 Å². The van der Waals surface area contributed by atoms with Gasteiger partial charge in [-0.15, -0.1) is 0 Å². The standard InChI is InChI=1S/C17H29N3O/c1-4-10-18-16-11-13(3)19-17(20-16)12-21-15-9-7-6-8-14(15)5-2/h11,14-15H,4-10,12H2,1-3H3,(H,18,19,20). The third kappa shape index (κ3) is 4.95. The Balaban J connectivity index is 1.93. The second-order valence-electron chi connectivity index (χ2n) is 6.04. The molecule has 4 heteroatoms. The molecule has 118 valence electrons. The number of hydrogen-bond donors (Lipinski definition) is 1. The fourth-order valence-corrected chi connectivity index (χ4v) is 3.08. The van der Waals surface area contributed by atoms with E-state index in [9.17, 15) is 0 Å². The number of aryl methyl sites for hydroxylation is 1. The van der Waals surface area contributed by atoms with Crippen molar-refractivity contribution >= 4 is 5.82 Å². The van der Waals surface area contributed by atoms with Crippen LogP contribution in [0.3, 0.4) is 0 Å². The first kappa shape index (κ1) is 16.2. The van der Waals surface area contributed by atoms with Crippen LogP contribution in [0.15, 0.2) is 6.07 Å². The molecule has 1 aliphatic rings. The van der Waals surface area contributed by atoms with Crippen molar-refractivity contribution in [1.82, 2.24) is 9.97 Å². The highest BCUT2D eigenvalue weighted by molar-refractivity contribution is 5.35. The molecule has 1 N–H and O–H groups in total. The molecule has 2 unspecified atom stereocenters. The molecule has 0 bridgehead atoms. The van der Waals surface area contributed by atoms with E-state index < -0.39 is 0 Å². The highest BCUT2D eigenvalue weighted by Crippen LogP contribution is 2.29. The minimum atomic E-state index is 0.389. The van der Waals surface area contributed by atoms with Gasteiger partial charge in [-0.05, 0) is 32.1 Å². The maximum atomic E-state index is 6.13. The van der Waals surface area contributed by atoms with Gasteiger partial charge in [0, 0.05) is 18.3 Å². The van der Waals surface area contributed by atoms with Crippen molar-refractivity contribution < 1.29 is 4.74 Å². The fourth-order valence-electron chi connectivity index (χ4n) is 3.08. The lowest BCUT2D eigenvalue weighted by Crippen LogP contribution is -2.27. The second kappa shape index (κ2) is 8.32. The van der Waals surface area contributed by atoms with E-state index in [-0.39, 0.29) is 0 Å². The van der Waals surface area contributed by atoms with Crippen molar-refractivity contribution in [3.05, 3.63) is 17.6 Å². The monoisotopic (exact) mass is 291 g/mol. The molecule has 0 aromatic carbocycles. The fraction of sp³-hybridized carbons (Fsp3) is 0.765. The zero-order chi connectivity index (χ0) is 15.1. The normalized spacial score (nSPS) is 22.2. The Bertz CT molecular complexity index is 436. The third-order valence-corrected chi connectivity index (χ3v) is 4.25. The first-order valence-electron chi connectivity index (χ1n) is 8.43. The van der Waals surface area contributed by atoms with Crippen LogP contribution in [0, 0.1) is 12.8 Å². The molecule has 0 radical (unpaired) electrons. The molecule has 1 aliphatic carbocycles. The smallest absolute Gasteiger partial charge is 0.156 e. The molecule has 1 heterocycles. The van der Waals surface area contributed by atoms with Crippen LogP contribution >= 0.6 is 0 Å². The molecule has 4 nitrogen and oxygen atoms in total. The molecule has 0 amide bonds. The highest BCUT2D eigenvalue weighted by Gasteiger charge is 2.24. The summed E-state index contributed by atoms with van der Waals surface area (Å²) in [5.74, 6) is 2.42. The summed E-state index contributed by atoms with van der Waals surface area (Å²) in [7, 11) is 0. The van der Waals surface area contributed by atoms with Gasteiger partial charge in [0.05, 0.1) is 6.10 Å². The van der Waals surface area contributed by atoms with Gasteiger partial charge in [-0.3, -0.25) is 0 Å². The van der Waals surface area contributed by atoms with Gasteiger partial charge >= 0.3 is 0 Å². The average Bonchev–Trinajstić information content (AvgIpc) is 2.50. The molecule has 1 aromatic heterocycles. The molecule has 2 atom stereocenters. The Morgan fingerprint density at radius 1 is 1.24 bits per heavy atom. The number of ether oxygens (including phenoxy) is 1. The number of nitrogens with one attached hydrogen (secondary N) is 1. The predicted octanol–water partition coefficient (Wildman–Crippen LogP) is 4.09. The molecular formula is C17H29N3O. The third-order valence-electron chi connectivity index (χ3n) is 4.25. The lowest BCUT2D eigenvalue weighted by atomic mass is 9.85. The topological polar surface area (TPSA) is 47.0 Å². The van der Waals surface area contributed by atoms with Crippen molar-refractivity contribution in [2.75, 3.05) is 11.9 Å². The summed E-state index contributed by atoms with van der Waals surface area (Å²) in [4.78, 5) is 9.06. The molecule has 1 aromatic rings. The first-order valence-corrected chi connectivity index (χ1v) is 8.43. The number of aromatic nitrogens is 2. The zero-order valence-electron chi connectivity index (χ0n) is 13.7. The Morgan fingerprint density at radius 2 is 2.05 bits per heavy atom. The van der Waals surface area contributed by atoms with Gasteiger partial charge in [0.1, 0.15) is 12.4 Å². The van der Waals surface area contributed by atoms with Crippen molar-refractivity contribution in [2.24, 2.45) is 5.92 Å². The number of hydrogen-bond acceptors (Lipinski definition) is 4. The van der Waals surface area contributed by atoms with E-state index in [4.69, 9.17) is 4.74 Å². The highest BCUT2D eigenvalue weighted by atomic mass is 16.5. The number of anilines is 1. The summed E-state index contributed by atoms with van der Waals surface area (Å²) in [6, 6.07) is 1.99. The maximum Gasteiger partial charge on any atom is 0.156 e. The quantitative estimate of drug-likeness (QED) is 0.822. The summed E-state index contributed by atoms with van der Waals surface area (Å²) < 4.78 is 6.13. The second-order valence-corrected chi connectivity index (χ2v) is 6.04. The van der Waals surface area contributed by atoms with Crippen LogP contribution in [0.2, 0.25) is 0 Å².